The summed E-state index contributed by atoms with van der Waals surface area (Å²) in [6.07, 6.45) is 12.9. The van der Waals surface area contributed by atoms with E-state index in [1.807, 2.05) is 13.0 Å². The van der Waals surface area contributed by atoms with Gasteiger partial charge in [-0.3, -0.25) is 4.99 Å². The van der Waals surface area contributed by atoms with Gasteiger partial charge in [0.25, 0.3) is 0 Å². The molecule has 0 saturated carbocycles. The molecule has 0 aromatic heterocycles. The molecule has 1 aliphatic heterocycles. The van der Waals surface area contributed by atoms with Crippen LogP contribution in [0.15, 0.2) is 71.7 Å². The first-order valence-corrected chi connectivity index (χ1v) is 12.7. The number of allylic oxidation sites excluding steroid dienone is 2. The minimum atomic E-state index is 0.123. The molecule has 3 aromatic carbocycles. The number of nitrogens with one attached hydrogen (secondary N) is 1. The van der Waals surface area contributed by atoms with E-state index >= 15 is 0 Å². The van der Waals surface area contributed by atoms with Gasteiger partial charge in [0.2, 0.25) is 0 Å². The van der Waals surface area contributed by atoms with Gasteiger partial charge in [0.15, 0.2) is 11.5 Å². The number of nitrogens with zero attached hydrogens (tertiary/aromatic N) is 1. The Morgan fingerprint density at radius 1 is 1.14 bits per heavy atom. The maximum Gasteiger partial charge on any atom is 0.181 e. The highest BCUT2D eigenvalue weighted by Gasteiger charge is 2.37. The van der Waals surface area contributed by atoms with Crippen LogP contribution in [-0.2, 0) is 0 Å². The predicted octanol–water partition coefficient (Wildman–Crippen LogP) is 7.64. The standard InChI is InChI=1S/C31H29ClN2O2/c1-4-15-36-31-27(32)17-21(18-29(31)35-5-2)19-33-23-12-10-22(11-13-23)30-25-8-6-7-24(25)26-16-20(3)9-14-28(26)34-30/h1,6-7,9-14,16-19,24-25,30,34H,5,8,15H2,2-3H3/t24-,25+,30-/m0/s1. The monoisotopic (exact) mass is 496 g/mol. The van der Waals surface area contributed by atoms with Crippen LogP contribution in [0.1, 0.15) is 47.6 Å². The van der Waals surface area contributed by atoms with E-state index in [0.29, 0.717) is 35.0 Å². The van der Waals surface area contributed by atoms with Gasteiger partial charge in [0.05, 0.1) is 23.4 Å². The number of rotatable bonds is 7. The van der Waals surface area contributed by atoms with Crippen LogP contribution in [0, 0.1) is 25.2 Å². The second-order valence-electron chi connectivity index (χ2n) is 9.17. The van der Waals surface area contributed by atoms with Crippen molar-refractivity contribution in [2.45, 2.75) is 32.2 Å². The summed E-state index contributed by atoms with van der Waals surface area (Å²) in [4.78, 5) is 4.66. The topological polar surface area (TPSA) is 42.8 Å². The molecule has 2 aliphatic rings. The molecule has 4 nitrogen and oxygen atoms in total. The van der Waals surface area contributed by atoms with Crippen LogP contribution in [0.3, 0.4) is 0 Å². The highest BCUT2D eigenvalue weighted by molar-refractivity contribution is 6.32. The number of hydrogen-bond donors (Lipinski definition) is 1. The second kappa shape index (κ2) is 10.5. The second-order valence-corrected chi connectivity index (χ2v) is 9.58. The lowest BCUT2D eigenvalue weighted by Crippen LogP contribution is -2.29. The van der Waals surface area contributed by atoms with Gasteiger partial charge in [0.1, 0.15) is 6.61 Å². The van der Waals surface area contributed by atoms with Gasteiger partial charge in [-0.15, -0.1) is 6.42 Å². The van der Waals surface area contributed by atoms with Crippen molar-refractivity contribution in [1.82, 2.24) is 0 Å². The molecule has 5 heteroatoms. The van der Waals surface area contributed by atoms with Gasteiger partial charge in [-0.05, 0) is 73.2 Å². The van der Waals surface area contributed by atoms with Crippen LogP contribution in [0.2, 0.25) is 5.02 Å². The van der Waals surface area contributed by atoms with Gasteiger partial charge >= 0.3 is 0 Å². The van der Waals surface area contributed by atoms with Crippen molar-refractivity contribution in [2.24, 2.45) is 10.9 Å². The molecule has 3 atom stereocenters. The first-order valence-electron chi connectivity index (χ1n) is 12.3. The lowest BCUT2D eigenvalue weighted by molar-refractivity contribution is 0.299. The lowest BCUT2D eigenvalue weighted by atomic mass is 9.76. The van der Waals surface area contributed by atoms with Gasteiger partial charge in [-0.2, -0.15) is 0 Å². The smallest absolute Gasteiger partial charge is 0.181 e. The molecule has 1 N–H and O–H groups in total. The van der Waals surface area contributed by atoms with Crippen molar-refractivity contribution in [2.75, 3.05) is 18.5 Å². The van der Waals surface area contributed by atoms with E-state index in [9.17, 15) is 0 Å². The number of aryl methyl sites for hydroxylation is 1. The summed E-state index contributed by atoms with van der Waals surface area (Å²) in [6.45, 7) is 4.68. The molecular formula is C31H29ClN2O2. The van der Waals surface area contributed by atoms with E-state index in [0.717, 1.165) is 17.7 Å². The Bertz CT molecular complexity index is 1350. The van der Waals surface area contributed by atoms with Crippen LogP contribution >= 0.6 is 11.6 Å². The highest BCUT2D eigenvalue weighted by Crippen LogP contribution is 2.50. The molecule has 0 amide bonds. The maximum absolute atomic E-state index is 6.44. The molecule has 1 aliphatic carbocycles. The zero-order valence-corrected chi connectivity index (χ0v) is 21.3. The van der Waals surface area contributed by atoms with E-state index in [-0.39, 0.29) is 12.6 Å². The van der Waals surface area contributed by atoms with Crippen LogP contribution in [0.4, 0.5) is 11.4 Å². The summed E-state index contributed by atoms with van der Waals surface area (Å²) in [5, 5.41) is 4.24. The summed E-state index contributed by atoms with van der Waals surface area (Å²) in [6, 6.07) is 19.1. The number of ether oxygens (including phenoxy) is 2. The average Bonchev–Trinajstić information content (AvgIpc) is 3.38. The van der Waals surface area contributed by atoms with Gasteiger partial charge in [-0.1, -0.05) is 59.5 Å². The quantitative estimate of drug-likeness (QED) is 0.207. The molecule has 0 radical (unpaired) electrons. The van der Waals surface area contributed by atoms with Gasteiger partial charge in [0, 0.05) is 17.8 Å². The number of aliphatic imine (C=N–C) groups is 1. The Balaban J connectivity index is 1.35. The number of halogens is 1. The fourth-order valence-corrected chi connectivity index (χ4v) is 5.41. The third-order valence-electron chi connectivity index (χ3n) is 6.76. The minimum absolute atomic E-state index is 0.123. The van der Waals surface area contributed by atoms with Gasteiger partial charge < -0.3 is 14.8 Å². The summed E-state index contributed by atoms with van der Waals surface area (Å²) >= 11 is 6.44. The van der Waals surface area contributed by atoms with E-state index in [1.165, 1.54) is 22.4 Å². The predicted molar refractivity (Wildman–Crippen MR) is 148 cm³/mol. The van der Waals surface area contributed by atoms with Crippen LogP contribution < -0.4 is 14.8 Å². The Morgan fingerprint density at radius 2 is 1.97 bits per heavy atom. The third kappa shape index (κ3) is 4.85. The highest BCUT2D eigenvalue weighted by atomic mass is 35.5. The third-order valence-corrected chi connectivity index (χ3v) is 7.05. The minimum Gasteiger partial charge on any atom is -0.490 e. The van der Waals surface area contributed by atoms with Crippen LogP contribution in [-0.4, -0.2) is 19.4 Å². The Hall–Kier alpha value is -3.68. The largest absolute Gasteiger partial charge is 0.490 e. The van der Waals surface area contributed by atoms with E-state index < -0.39 is 0 Å². The molecule has 0 spiro atoms. The lowest BCUT2D eigenvalue weighted by Gasteiger charge is -2.37. The number of terminal acetylenes is 1. The molecule has 182 valence electrons. The first-order chi connectivity index (χ1) is 17.6. The summed E-state index contributed by atoms with van der Waals surface area (Å²) in [7, 11) is 0. The average molecular weight is 497 g/mol. The molecule has 0 saturated heterocycles. The van der Waals surface area contributed by atoms with Crippen molar-refractivity contribution in [3.8, 4) is 23.8 Å². The van der Waals surface area contributed by atoms with Gasteiger partial charge in [-0.25, -0.2) is 0 Å². The molecule has 1 heterocycles. The van der Waals surface area contributed by atoms with E-state index in [2.05, 4.69) is 77.8 Å². The summed E-state index contributed by atoms with van der Waals surface area (Å²) < 4.78 is 11.3. The van der Waals surface area contributed by atoms with Crippen LogP contribution in [0.25, 0.3) is 0 Å². The fraction of sp³-hybridized carbons (Fsp3) is 0.258. The number of hydrogen-bond acceptors (Lipinski definition) is 4. The Kier molecular flexibility index (Phi) is 7.02. The molecule has 0 unspecified atom stereocenters. The first kappa shape index (κ1) is 24.0. The molecule has 3 aromatic rings. The SMILES string of the molecule is C#CCOc1c(Cl)cc(C=Nc2ccc([C@@H]3Nc4ccc(C)cc4[C@H]4C=CC[C@H]43)cc2)cc1OCC. The van der Waals surface area contributed by atoms with Crippen LogP contribution in [0.5, 0.6) is 11.5 Å². The van der Waals surface area contributed by atoms with Crippen molar-refractivity contribution < 1.29 is 9.47 Å². The van der Waals surface area contributed by atoms with Crippen molar-refractivity contribution >= 4 is 29.2 Å². The molecule has 0 fully saturated rings. The Morgan fingerprint density at radius 3 is 2.75 bits per heavy atom. The van der Waals surface area contributed by atoms with Crippen molar-refractivity contribution in [1.29, 1.82) is 0 Å². The molecular weight excluding hydrogens is 468 g/mol. The summed E-state index contributed by atoms with van der Waals surface area (Å²) in [5.74, 6) is 4.43. The fourth-order valence-electron chi connectivity index (χ4n) is 5.14. The zero-order chi connectivity index (χ0) is 25.1. The van der Waals surface area contributed by atoms with Crippen molar-refractivity contribution in [3.63, 3.8) is 0 Å². The maximum atomic E-state index is 6.44. The molecule has 36 heavy (non-hydrogen) atoms. The number of anilines is 1. The van der Waals surface area contributed by atoms with E-state index in [4.69, 9.17) is 27.5 Å². The molecule has 5 rings (SSSR count). The van der Waals surface area contributed by atoms with E-state index in [1.54, 1.807) is 12.3 Å². The zero-order valence-electron chi connectivity index (χ0n) is 20.5. The number of fused-ring (bicyclic) bond motifs is 3. The van der Waals surface area contributed by atoms with Crippen molar-refractivity contribution in [3.05, 3.63) is 94.0 Å². The normalized spacial score (nSPS) is 19.9. The molecule has 0 bridgehead atoms. The number of benzene rings is 3. The summed E-state index contributed by atoms with van der Waals surface area (Å²) in [5.41, 5.74) is 6.91. The Labute approximate surface area is 218 Å².